The van der Waals surface area contributed by atoms with Gasteiger partial charge in [-0.1, -0.05) is 23.2 Å². The summed E-state index contributed by atoms with van der Waals surface area (Å²) >= 11 is 18.4. The number of halogens is 7. The molecular weight excluding hydrogens is 908 g/mol. The Kier molecular flexibility index (Phi) is 13.6. The van der Waals surface area contributed by atoms with Gasteiger partial charge in [-0.05, 0) is 111 Å². The Labute approximate surface area is 345 Å². The number of hydrogen-bond acceptors (Lipinski definition) is 6. The van der Waals surface area contributed by atoms with E-state index in [0.29, 0.717) is 49.3 Å². The first-order chi connectivity index (χ1) is 26.6. The van der Waals surface area contributed by atoms with Crippen LogP contribution in [0.25, 0.3) is 22.5 Å². The minimum absolute atomic E-state index is 0.0881. The van der Waals surface area contributed by atoms with Gasteiger partial charge < -0.3 is 30.7 Å². The van der Waals surface area contributed by atoms with Crippen molar-refractivity contribution in [1.29, 1.82) is 0 Å². The van der Waals surface area contributed by atoms with Gasteiger partial charge in [0.15, 0.2) is 0 Å². The third-order valence-corrected chi connectivity index (χ3v) is 9.50. The first-order valence-electron chi connectivity index (χ1n) is 16.1. The number of nitrogens with zero attached hydrogens (tertiary/aromatic N) is 4. The molecule has 4 N–H and O–H groups in total. The third-order valence-electron chi connectivity index (χ3n) is 7.85. The van der Waals surface area contributed by atoms with E-state index in [1.165, 1.54) is 13.2 Å². The molecule has 0 aliphatic carbocycles. The molecular formula is C37H31Br2Cl2F3N8O4. The summed E-state index contributed by atoms with van der Waals surface area (Å²) in [6, 6.07) is 19.0. The van der Waals surface area contributed by atoms with Crippen LogP contribution in [0.15, 0.2) is 100 Å². The molecule has 0 fully saturated rings. The van der Waals surface area contributed by atoms with Crippen LogP contribution in [0.4, 0.5) is 45.5 Å². The molecule has 4 amide bonds. The predicted molar refractivity (Wildman–Crippen MR) is 219 cm³/mol. The van der Waals surface area contributed by atoms with E-state index in [1.807, 2.05) is 13.1 Å². The number of ether oxygens (including phenoxy) is 2. The van der Waals surface area contributed by atoms with E-state index in [2.05, 4.69) is 63.3 Å². The molecule has 19 heteroatoms. The molecule has 6 rings (SSSR count). The van der Waals surface area contributed by atoms with Crippen molar-refractivity contribution in [2.45, 2.75) is 6.18 Å². The first-order valence-corrected chi connectivity index (χ1v) is 18.4. The molecule has 0 atom stereocenters. The molecule has 2 aromatic heterocycles. The van der Waals surface area contributed by atoms with Gasteiger partial charge in [0, 0.05) is 52.3 Å². The molecule has 2 heterocycles. The number of benzene rings is 4. The van der Waals surface area contributed by atoms with Crippen LogP contribution < -0.4 is 30.7 Å². The molecule has 0 saturated heterocycles. The van der Waals surface area contributed by atoms with Gasteiger partial charge in [-0.15, -0.1) is 0 Å². The van der Waals surface area contributed by atoms with Crippen molar-refractivity contribution in [2.75, 3.05) is 35.5 Å². The SMILES string of the molecule is COc1ccc(NC(=O)Nc2ccc(Cl)cc2)cc1-c1c(Br)cnn1C.COc1ccc(NC(=O)Nc2ccc(Cl)cc2C(F)(F)F)cc1-c1c(Br)cnn1C. The van der Waals surface area contributed by atoms with Gasteiger partial charge in [-0.25, -0.2) is 9.59 Å². The molecule has 0 radical (unpaired) electrons. The number of carbonyl (C=O) groups is 2. The molecule has 0 spiro atoms. The number of amides is 4. The summed E-state index contributed by atoms with van der Waals surface area (Å²) in [5, 5.41) is 19.2. The zero-order chi connectivity index (χ0) is 40.7. The Bertz CT molecular complexity index is 2330. The summed E-state index contributed by atoms with van der Waals surface area (Å²) in [5.41, 5.74) is 3.16. The number of aromatic nitrogens is 4. The van der Waals surface area contributed by atoms with Crippen LogP contribution in [0, 0.1) is 0 Å². The van der Waals surface area contributed by atoms with E-state index >= 15 is 0 Å². The summed E-state index contributed by atoms with van der Waals surface area (Å²) in [7, 11) is 6.68. The standard InChI is InChI=1S/C19H15BrClF3N4O2.C18H16BrClN4O2/c1-28-17(14(20)9-25-28)12-8-11(4-6-16(12)30-2)26-18(29)27-15-5-3-10(21)7-13(15)19(22,23)24;1-24-17(15(19)10-21-24)14-9-13(7-8-16(14)26-2)23-18(25)22-12-5-3-11(20)4-6-12/h3-9H,1-2H3,(H2,26,27,29);3-10H,1-2H3,(H2,22,23,25). The van der Waals surface area contributed by atoms with Crippen molar-refractivity contribution >= 4 is 89.9 Å². The van der Waals surface area contributed by atoms with Crippen LogP contribution in [0.3, 0.4) is 0 Å². The molecule has 4 aromatic carbocycles. The Morgan fingerprint density at radius 3 is 1.50 bits per heavy atom. The van der Waals surface area contributed by atoms with Gasteiger partial charge in [0.2, 0.25) is 0 Å². The number of aryl methyl sites for hydroxylation is 2. The highest BCUT2D eigenvalue weighted by atomic mass is 79.9. The van der Waals surface area contributed by atoms with Crippen molar-refractivity contribution in [1.82, 2.24) is 19.6 Å². The van der Waals surface area contributed by atoms with Gasteiger partial charge in [0.05, 0.1) is 58.2 Å². The second-order valence-corrected chi connectivity index (χ2v) is 14.2. The van der Waals surface area contributed by atoms with E-state index < -0.39 is 23.5 Å². The highest BCUT2D eigenvalue weighted by Crippen LogP contribution is 2.39. The lowest BCUT2D eigenvalue weighted by Gasteiger charge is -2.16. The lowest BCUT2D eigenvalue weighted by molar-refractivity contribution is -0.136. The van der Waals surface area contributed by atoms with Crippen LogP contribution in [0.1, 0.15) is 5.56 Å². The Morgan fingerprint density at radius 1 is 0.643 bits per heavy atom. The van der Waals surface area contributed by atoms with Crippen LogP contribution in [0.5, 0.6) is 11.5 Å². The summed E-state index contributed by atoms with van der Waals surface area (Å²) in [5.74, 6) is 1.21. The molecule has 0 bridgehead atoms. The monoisotopic (exact) mass is 936 g/mol. The maximum atomic E-state index is 13.2. The molecule has 6 aromatic rings. The number of nitrogens with one attached hydrogen (secondary N) is 4. The van der Waals surface area contributed by atoms with Crippen molar-refractivity contribution < 1.29 is 32.2 Å². The lowest BCUT2D eigenvalue weighted by atomic mass is 10.1. The highest BCUT2D eigenvalue weighted by Gasteiger charge is 2.34. The van der Waals surface area contributed by atoms with Gasteiger partial charge in [-0.3, -0.25) is 9.36 Å². The second-order valence-electron chi connectivity index (χ2n) is 11.6. The molecule has 0 unspecified atom stereocenters. The first kappa shape index (κ1) is 41.9. The van der Waals surface area contributed by atoms with Crippen molar-refractivity contribution in [2.24, 2.45) is 14.1 Å². The zero-order valence-corrected chi connectivity index (χ0v) is 34.4. The van der Waals surface area contributed by atoms with Gasteiger partial charge in [0.1, 0.15) is 11.5 Å². The number of urea groups is 2. The van der Waals surface area contributed by atoms with Crippen LogP contribution in [-0.2, 0) is 20.3 Å². The molecule has 56 heavy (non-hydrogen) atoms. The van der Waals surface area contributed by atoms with Gasteiger partial charge in [0.25, 0.3) is 0 Å². The van der Waals surface area contributed by atoms with E-state index in [4.69, 9.17) is 32.7 Å². The lowest BCUT2D eigenvalue weighted by Crippen LogP contribution is -2.22. The number of hydrogen-bond donors (Lipinski definition) is 4. The minimum Gasteiger partial charge on any atom is -0.496 e. The maximum Gasteiger partial charge on any atom is 0.418 e. The van der Waals surface area contributed by atoms with E-state index in [0.717, 1.165) is 27.9 Å². The van der Waals surface area contributed by atoms with Crippen molar-refractivity contribution in [3.8, 4) is 34.0 Å². The van der Waals surface area contributed by atoms with Crippen molar-refractivity contribution in [3.63, 3.8) is 0 Å². The molecule has 292 valence electrons. The summed E-state index contributed by atoms with van der Waals surface area (Å²) in [6.45, 7) is 0. The third kappa shape index (κ3) is 10.3. The summed E-state index contributed by atoms with van der Waals surface area (Å²) in [6.07, 6.45) is -1.35. The van der Waals surface area contributed by atoms with Gasteiger partial charge >= 0.3 is 18.2 Å². The average molecular weight is 939 g/mol. The van der Waals surface area contributed by atoms with Crippen molar-refractivity contribution in [3.05, 3.63) is 116 Å². The fourth-order valence-electron chi connectivity index (χ4n) is 5.34. The van der Waals surface area contributed by atoms with Crippen LogP contribution in [0.2, 0.25) is 10.0 Å². The topological polar surface area (TPSA) is 136 Å². The predicted octanol–water partition coefficient (Wildman–Crippen LogP) is 11.3. The highest BCUT2D eigenvalue weighted by molar-refractivity contribution is 9.11. The van der Waals surface area contributed by atoms with Gasteiger partial charge in [-0.2, -0.15) is 23.4 Å². The van der Waals surface area contributed by atoms with E-state index in [1.54, 1.807) is 90.5 Å². The zero-order valence-electron chi connectivity index (χ0n) is 29.7. The maximum absolute atomic E-state index is 13.2. The Balaban J connectivity index is 0.000000216. The van der Waals surface area contributed by atoms with Crippen LogP contribution in [-0.4, -0.2) is 45.8 Å². The molecule has 12 nitrogen and oxygen atoms in total. The molecule has 0 aliphatic rings. The van der Waals surface area contributed by atoms with Crippen LogP contribution >= 0.6 is 55.1 Å². The quantitative estimate of drug-likeness (QED) is 0.120. The Hall–Kier alpha value is -5.23. The number of alkyl halides is 3. The fourth-order valence-corrected chi connectivity index (χ4v) is 6.76. The number of carbonyl (C=O) groups excluding carboxylic acids is 2. The smallest absolute Gasteiger partial charge is 0.418 e. The molecule has 0 aliphatic heterocycles. The minimum atomic E-state index is -4.67. The van der Waals surface area contributed by atoms with E-state index in [9.17, 15) is 22.8 Å². The molecule has 0 saturated carbocycles. The Morgan fingerprint density at radius 2 is 1.07 bits per heavy atom. The normalized spacial score (nSPS) is 10.9. The fraction of sp³-hybridized carbons (Fsp3) is 0.135. The average Bonchev–Trinajstić information content (AvgIpc) is 3.67. The number of methoxy groups -OCH3 is 2. The number of anilines is 4. The van der Waals surface area contributed by atoms with E-state index in [-0.39, 0.29) is 11.1 Å². The number of rotatable bonds is 8. The summed E-state index contributed by atoms with van der Waals surface area (Å²) < 4.78 is 55.4. The largest absolute Gasteiger partial charge is 0.496 e. The summed E-state index contributed by atoms with van der Waals surface area (Å²) in [4.78, 5) is 24.6. The second kappa shape index (κ2) is 18.1.